The number of hydrogen-bond donors (Lipinski definition) is 4. The van der Waals surface area contributed by atoms with E-state index in [1.165, 1.54) is 59.3 Å². The molecular formula is C43H56N2O12. The van der Waals surface area contributed by atoms with E-state index in [4.69, 9.17) is 18.9 Å². The first-order valence-electron chi connectivity index (χ1n) is 19.5. The summed E-state index contributed by atoms with van der Waals surface area (Å²) < 4.78 is 23.8. The molecule has 4 N–H and O–H groups in total. The second kappa shape index (κ2) is 17.1. The van der Waals surface area contributed by atoms with Gasteiger partial charge >= 0.3 is 11.8 Å². The number of amides is 1. The van der Waals surface area contributed by atoms with Crippen LogP contribution in [-0.4, -0.2) is 110 Å². The van der Waals surface area contributed by atoms with Crippen molar-refractivity contribution >= 4 is 34.9 Å². The Hall–Kier alpha value is -4.63. The number of aliphatic imine (C=N–C) groups is 1. The Morgan fingerprint density at radius 3 is 2.33 bits per heavy atom. The standard InChI is InChI=1S/C43H56N2O12/c1-20-13-11-14-21(2)42(53)44-28-19-30(45-17-12-15-29(45)26(7)46)32-33(38(28)51)37(50)25(6)40-34(32)41(52)43(9,57-40)55-18-16-31(54-10)22(3)39(56-27(8)47)24(5)36(49)23(4)35(20)48/h11,13-14,16,18-20,22-24,26,29,31,35-36,39,46,48-50H,12,15,17H2,1-10H3/b13-11+,18-16+,21-14-,44-28?/t20-,22-,23+,24+,26-,29+,31-,35-,36+,39?,43-/m0/s1. The van der Waals surface area contributed by atoms with Crippen LogP contribution >= 0.6 is 0 Å². The number of nitrogens with zero attached hydrogens (tertiary/aromatic N) is 2. The lowest BCUT2D eigenvalue weighted by Crippen LogP contribution is -2.46. The normalized spacial score (nSPS) is 35.0. The van der Waals surface area contributed by atoms with Gasteiger partial charge in [-0.2, -0.15) is 0 Å². The summed E-state index contributed by atoms with van der Waals surface area (Å²) in [4.78, 5) is 60.8. The molecule has 57 heavy (non-hydrogen) atoms. The molecule has 310 valence electrons. The number of likely N-dealkylation sites (tertiary alicyclic amines) is 1. The average molecular weight is 793 g/mol. The molecule has 0 aromatic heterocycles. The molecule has 1 unspecified atom stereocenters. The number of allylic oxidation sites excluding steroid dienone is 3. The Bertz CT molecular complexity index is 1940. The lowest BCUT2D eigenvalue weighted by Gasteiger charge is -2.38. The van der Waals surface area contributed by atoms with Crippen molar-refractivity contribution in [3.8, 4) is 11.5 Å². The number of phenols is 1. The summed E-state index contributed by atoms with van der Waals surface area (Å²) in [5.41, 5.74) is 0.171. The van der Waals surface area contributed by atoms with Crippen LogP contribution in [0.4, 0.5) is 0 Å². The zero-order valence-corrected chi connectivity index (χ0v) is 34.3. The topological polar surface area (TPSA) is 202 Å². The number of rotatable bonds is 4. The van der Waals surface area contributed by atoms with E-state index in [0.29, 0.717) is 25.1 Å². The van der Waals surface area contributed by atoms with E-state index in [1.54, 1.807) is 46.8 Å². The number of phenolic OH excluding ortho intramolecular Hbond substituents is 1. The van der Waals surface area contributed by atoms with Gasteiger partial charge in [-0.15, -0.1) is 0 Å². The number of hydrogen-bond acceptors (Lipinski definition) is 13. The van der Waals surface area contributed by atoms with Crippen molar-refractivity contribution in [2.75, 3.05) is 13.7 Å². The molecule has 5 bridgehead atoms. The van der Waals surface area contributed by atoms with E-state index in [1.807, 2.05) is 4.90 Å². The number of aromatic hydroxyl groups is 1. The monoisotopic (exact) mass is 792 g/mol. The van der Waals surface area contributed by atoms with Crippen molar-refractivity contribution in [2.24, 2.45) is 28.7 Å². The first-order valence-corrected chi connectivity index (χ1v) is 19.5. The summed E-state index contributed by atoms with van der Waals surface area (Å²) in [6.07, 6.45) is 5.59. The summed E-state index contributed by atoms with van der Waals surface area (Å²) >= 11 is 0. The summed E-state index contributed by atoms with van der Waals surface area (Å²) in [6.45, 7) is 14.7. The van der Waals surface area contributed by atoms with Gasteiger partial charge in [0.05, 0.1) is 47.8 Å². The van der Waals surface area contributed by atoms with E-state index in [0.717, 1.165) is 0 Å². The van der Waals surface area contributed by atoms with Gasteiger partial charge < -0.3 is 44.3 Å². The van der Waals surface area contributed by atoms with Gasteiger partial charge in [0, 0.05) is 73.6 Å². The number of fused-ring (bicyclic) bond motifs is 13. The Morgan fingerprint density at radius 2 is 1.70 bits per heavy atom. The molecule has 11 atom stereocenters. The third-order valence-corrected chi connectivity index (χ3v) is 11.9. The van der Waals surface area contributed by atoms with Gasteiger partial charge in [-0.25, -0.2) is 4.99 Å². The number of benzene rings is 1. The maximum atomic E-state index is 14.6. The highest BCUT2D eigenvalue weighted by molar-refractivity contribution is 6.54. The first kappa shape index (κ1) is 43.5. The summed E-state index contributed by atoms with van der Waals surface area (Å²) in [7, 11) is 1.45. The van der Waals surface area contributed by atoms with Crippen LogP contribution in [0.2, 0.25) is 0 Å². The van der Waals surface area contributed by atoms with Crippen LogP contribution in [0, 0.1) is 30.6 Å². The van der Waals surface area contributed by atoms with Gasteiger partial charge in [0.15, 0.2) is 0 Å². The maximum Gasteiger partial charge on any atom is 0.312 e. The molecule has 1 saturated heterocycles. The first-order chi connectivity index (χ1) is 26.7. The number of methoxy groups -OCH3 is 1. The Labute approximate surface area is 333 Å². The molecule has 14 nitrogen and oxygen atoms in total. The lowest BCUT2D eigenvalue weighted by molar-refractivity contribution is -0.160. The quantitative estimate of drug-likeness (QED) is 0.309. The number of esters is 1. The molecule has 14 heteroatoms. The number of aliphatic hydroxyl groups is 3. The number of aliphatic hydroxyl groups excluding tert-OH is 3. The minimum absolute atomic E-state index is 0.00567. The van der Waals surface area contributed by atoms with E-state index in [-0.39, 0.29) is 39.3 Å². The molecule has 4 aliphatic heterocycles. The van der Waals surface area contributed by atoms with Crippen molar-refractivity contribution in [1.82, 2.24) is 4.90 Å². The lowest BCUT2D eigenvalue weighted by atomic mass is 9.78. The zero-order chi connectivity index (χ0) is 42.3. The molecule has 5 aliphatic rings. The molecule has 1 aromatic rings. The molecule has 1 amide bonds. The summed E-state index contributed by atoms with van der Waals surface area (Å²) in [6, 6.07) is -0.414. The van der Waals surface area contributed by atoms with Gasteiger partial charge in [-0.3, -0.25) is 19.2 Å². The van der Waals surface area contributed by atoms with Gasteiger partial charge in [0.1, 0.15) is 23.3 Å². The zero-order valence-electron chi connectivity index (χ0n) is 34.3. The maximum absolute atomic E-state index is 14.6. The second-order valence-corrected chi connectivity index (χ2v) is 16.0. The van der Waals surface area contributed by atoms with E-state index >= 15 is 0 Å². The largest absolute Gasteiger partial charge is 0.507 e. The number of Topliss-reactive ketones (excluding diaryl/α,β-unsaturated/α-hetero) is 2. The fourth-order valence-electron chi connectivity index (χ4n) is 8.40. The molecule has 1 fully saturated rings. The molecule has 0 radical (unpaired) electrons. The third-order valence-electron chi connectivity index (χ3n) is 11.9. The van der Waals surface area contributed by atoms with E-state index < -0.39 is 95.2 Å². The van der Waals surface area contributed by atoms with Crippen LogP contribution in [-0.2, 0) is 23.8 Å². The van der Waals surface area contributed by atoms with Crippen molar-refractivity contribution < 1.29 is 58.6 Å². The van der Waals surface area contributed by atoms with Crippen LogP contribution in [0.15, 0.2) is 47.2 Å². The minimum Gasteiger partial charge on any atom is -0.507 e. The third kappa shape index (κ3) is 8.23. The minimum atomic E-state index is -1.98. The fourth-order valence-corrected chi connectivity index (χ4v) is 8.40. The van der Waals surface area contributed by atoms with Crippen molar-refractivity contribution in [1.29, 1.82) is 0 Å². The molecule has 4 heterocycles. The van der Waals surface area contributed by atoms with Gasteiger partial charge in [0.2, 0.25) is 5.78 Å². The number of carbonyl (C=O) groups excluding carboxylic acids is 4. The van der Waals surface area contributed by atoms with E-state index in [9.17, 15) is 39.6 Å². The van der Waals surface area contributed by atoms with Crippen LogP contribution in [0.5, 0.6) is 11.5 Å². The van der Waals surface area contributed by atoms with Gasteiger partial charge in [0.25, 0.3) is 11.7 Å². The summed E-state index contributed by atoms with van der Waals surface area (Å²) in [5.74, 6) is -7.61. The van der Waals surface area contributed by atoms with Crippen molar-refractivity contribution in [3.63, 3.8) is 0 Å². The molecular weight excluding hydrogens is 736 g/mol. The Kier molecular flexibility index (Phi) is 13.0. The Morgan fingerprint density at radius 1 is 1.02 bits per heavy atom. The highest BCUT2D eigenvalue weighted by Gasteiger charge is 2.52. The Balaban J connectivity index is 1.70. The smallest absolute Gasteiger partial charge is 0.312 e. The average Bonchev–Trinajstić information content (AvgIpc) is 3.76. The van der Waals surface area contributed by atoms with Crippen LogP contribution in [0.25, 0.3) is 5.70 Å². The highest BCUT2D eigenvalue weighted by Crippen LogP contribution is 2.51. The van der Waals surface area contributed by atoms with Crippen molar-refractivity contribution in [2.45, 2.75) is 118 Å². The summed E-state index contributed by atoms with van der Waals surface area (Å²) in [5, 5.41) is 45.3. The van der Waals surface area contributed by atoms with E-state index in [2.05, 4.69) is 4.99 Å². The predicted octanol–water partition coefficient (Wildman–Crippen LogP) is 4.60. The highest BCUT2D eigenvalue weighted by atomic mass is 16.7. The van der Waals surface area contributed by atoms with Crippen LogP contribution in [0.1, 0.15) is 100 Å². The van der Waals surface area contributed by atoms with Crippen molar-refractivity contribution in [3.05, 3.63) is 64.5 Å². The predicted molar refractivity (Wildman–Crippen MR) is 211 cm³/mol. The SMILES string of the molecule is CO[C@H]1/C=C/O[C@@]2(C)Oc3c(C)c(O)c4c(c3C2=O)C(N2CCC[C@@H]2[C@H](C)O)=CC(=NC(=O)/C(C)=C\C=C\[C@H](C)[C@H](O)[C@@H](C)[C@@H](O)[C@@H](C)C(OC(C)=O)[C@H]1C)C4=O. The number of ketones is 2. The van der Waals surface area contributed by atoms with Crippen LogP contribution < -0.4 is 4.74 Å². The van der Waals surface area contributed by atoms with Gasteiger partial charge in [-0.1, -0.05) is 45.9 Å². The van der Waals surface area contributed by atoms with Crippen LogP contribution in [0.3, 0.4) is 0 Å². The fraction of sp³-hybridized carbons (Fsp3) is 0.558. The van der Waals surface area contributed by atoms with Gasteiger partial charge in [-0.05, 0) is 45.8 Å². The molecule has 1 aromatic carbocycles. The molecule has 1 aliphatic carbocycles. The number of carbonyl (C=O) groups is 4. The molecule has 0 spiro atoms. The number of ether oxygens (including phenoxy) is 4. The second-order valence-electron chi connectivity index (χ2n) is 16.0. The molecule has 6 rings (SSSR count). The molecule has 0 saturated carbocycles.